The van der Waals surface area contributed by atoms with Crippen molar-refractivity contribution in [3.8, 4) is 5.75 Å². The standard InChI is InChI=1S/C19H20ClN5O2/c1-27-17-11-15(4-5-16(17)20)23-7-9-24(10-8-23)18(26)13-25-12-14-3-2-6-21-19(14)22-25/h2-6,11-12H,7-10,13H2,1H3. The van der Waals surface area contributed by atoms with Gasteiger partial charge in [0.05, 0.1) is 12.1 Å². The van der Waals surface area contributed by atoms with Crippen LogP contribution in [0.4, 0.5) is 5.69 Å². The number of rotatable bonds is 4. The van der Waals surface area contributed by atoms with Gasteiger partial charge in [-0.25, -0.2) is 4.98 Å². The molecule has 0 unspecified atom stereocenters. The highest BCUT2D eigenvalue weighted by atomic mass is 35.5. The summed E-state index contributed by atoms with van der Waals surface area (Å²) in [4.78, 5) is 20.9. The largest absolute Gasteiger partial charge is 0.495 e. The molecule has 27 heavy (non-hydrogen) atoms. The second-order valence-corrected chi connectivity index (χ2v) is 6.84. The van der Waals surface area contributed by atoms with Gasteiger partial charge in [0.2, 0.25) is 5.91 Å². The van der Waals surface area contributed by atoms with E-state index in [1.807, 2.05) is 41.4 Å². The van der Waals surface area contributed by atoms with Crippen molar-refractivity contribution >= 4 is 34.2 Å². The van der Waals surface area contributed by atoms with Gasteiger partial charge < -0.3 is 14.5 Å². The molecule has 0 N–H and O–H groups in total. The number of hydrogen-bond donors (Lipinski definition) is 0. The van der Waals surface area contributed by atoms with E-state index in [0.717, 1.165) is 24.2 Å². The predicted molar refractivity (Wildman–Crippen MR) is 104 cm³/mol. The number of carbonyl (C=O) groups excluding carboxylic acids is 1. The molecule has 0 bridgehead atoms. The minimum Gasteiger partial charge on any atom is -0.495 e. The van der Waals surface area contributed by atoms with Gasteiger partial charge in [0, 0.05) is 55.7 Å². The summed E-state index contributed by atoms with van der Waals surface area (Å²) in [6, 6.07) is 9.55. The van der Waals surface area contributed by atoms with Gasteiger partial charge in [-0.1, -0.05) is 11.6 Å². The minimum absolute atomic E-state index is 0.0659. The van der Waals surface area contributed by atoms with Gasteiger partial charge in [-0.15, -0.1) is 0 Å². The van der Waals surface area contributed by atoms with Crippen LogP contribution >= 0.6 is 11.6 Å². The molecule has 4 rings (SSSR count). The highest BCUT2D eigenvalue weighted by Gasteiger charge is 2.22. The first-order valence-corrected chi connectivity index (χ1v) is 9.16. The zero-order chi connectivity index (χ0) is 18.8. The van der Waals surface area contributed by atoms with E-state index in [9.17, 15) is 4.79 Å². The second-order valence-electron chi connectivity index (χ2n) is 6.43. The van der Waals surface area contributed by atoms with Crippen LogP contribution in [0.2, 0.25) is 5.02 Å². The van der Waals surface area contributed by atoms with Crippen molar-refractivity contribution in [3.05, 3.63) is 47.7 Å². The summed E-state index contributed by atoms with van der Waals surface area (Å²) in [6.45, 7) is 3.09. The molecule has 1 aromatic carbocycles. The summed E-state index contributed by atoms with van der Waals surface area (Å²) in [5.74, 6) is 0.725. The lowest BCUT2D eigenvalue weighted by atomic mass is 10.2. The number of methoxy groups -OCH3 is 1. The Balaban J connectivity index is 1.37. The topological polar surface area (TPSA) is 63.5 Å². The summed E-state index contributed by atoms with van der Waals surface area (Å²) < 4.78 is 6.95. The van der Waals surface area contributed by atoms with Gasteiger partial charge in [-0.05, 0) is 24.3 Å². The van der Waals surface area contributed by atoms with Crippen LogP contribution in [-0.4, -0.2) is 58.9 Å². The molecule has 2 aromatic heterocycles. The van der Waals surface area contributed by atoms with Gasteiger partial charge in [0.15, 0.2) is 5.65 Å². The monoisotopic (exact) mass is 385 g/mol. The molecule has 0 spiro atoms. The summed E-state index contributed by atoms with van der Waals surface area (Å²) in [6.07, 6.45) is 3.56. The third-order valence-electron chi connectivity index (χ3n) is 4.76. The van der Waals surface area contributed by atoms with Crippen molar-refractivity contribution in [2.75, 3.05) is 38.2 Å². The van der Waals surface area contributed by atoms with E-state index >= 15 is 0 Å². The number of ether oxygens (including phenoxy) is 1. The van der Waals surface area contributed by atoms with E-state index in [1.54, 1.807) is 18.0 Å². The first-order valence-electron chi connectivity index (χ1n) is 8.78. The summed E-state index contributed by atoms with van der Waals surface area (Å²) >= 11 is 6.10. The number of hydrogen-bond acceptors (Lipinski definition) is 5. The van der Waals surface area contributed by atoms with E-state index in [0.29, 0.717) is 29.5 Å². The molecule has 7 nitrogen and oxygen atoms in total. The zero-order valence-electron chi connectivity index (χ0n) is 15.0. The Bertz CT molecular complexity index is 933. The molecule has 0 atom stereocenters. The summed E-state index contributed by atoms with van der Waals surface area (Å²) in [5.41, 5.74) is 1.71. The Hall–Kier alpha value is -2.80. The average molecular weight is 386 g/mol. The Morgan fingerprint density at radius 1 is 1.22 bits per heavy atom. The van der Waals surface area contributed by atoms with E-state index in [2.05, 4.69) is 15.0 Å². The lowest BCUT2D eigenvalue weighted by Crippen LogP contribution is -2.49. The van der Waals surface area contributed by atoms with Crippen LogP contribution in [0.15, 0.2) is 42.7 Å². The number of piperazine rings is 1. The number of benzene rings is 1. The van der Waals surface area contributed by atoms with E-state index in [4.69, 9.17) is 16.3 Å². The van der Waals surface area contributed by atoms with Crippen molar-refractivity contribution in [3.63, 3.8) is 0 Å². The SMILES string of the molecule is COc1cc(N2CCN(C(=O)Cn3cc4cccnc4n3)CC2)ccc1Cl. The lowest BCUT2D eigenvalue weighted by Gasteiger charge is -2.36. The van der Waals surface area contributed by atoms with Crippen molar-refractivity contribution in [1.29, 1.82) is 0 Å². The van der Waals surface area contributed by atoms with Gasteiger partial charge in [0.25, 0.3) is 0 Å². The number of fused-ring (bicyclic) bond motifs is 1. The van der Waals surface area contributed by atoms with E-state index in [-0.39, 0.29) is 12.5 Å². The van der Waals surface area contributed by atoms with Crippen molar-refractivity contribution in [2.24, 2.45) is 0 Å². The normalized spacial score (nSPS) is 14.6. The maximum absolute atomic E-state index is 12.6. The smallest absolute Gasteiger partial charge is 0.244 e. The fourth-order valence-corrected chi connectivity index (χ4v) is 3.48. The molecular weight excluding hydrogens is 366 g/mol. The Morgan fingerprint density at radius 2 is 2.04 bits per heavy atom. The van der Waals surface area contributed by atoms with E-state index in [1.165, 1.54) is 0 Å². The van der Waals surface area contributed by atoms with Crippen LogP contribution in [0.3, 0.4) is 0 Å². The molecule has 3 aromatic rings. The molecule has 1 aliphatic heterocycles. The predicted octanol–water partition coefficient (Wildman–Crippen LogP) is 2.44. The van der Waals surface area contributed by atoms with Crippen molar-refractivity contribution in [1.82, 2.24) is 19.7 Å². The van der Waals surface area contributed by atoms with Gasteiger partial charge >= 0.3 is 0 Å². The average Bonchev–Trinajstić information content (AvgIpc) is 3.10. The highest BCUT2D eigenvalue weighted by Crippen LogP contribution is 2.29. The Kier molecular flexibility index (Phi) is 4.85. The first kappa shape index (κ1) is 17.6. The summed E-state index contributed by atoms with van der Waals surface area (Å²) in [7, 11) is 1.61. The molecule has 8 heteroatoms. The summed E-state index contributed by atoms with van der Waals surface area (Å²) in [5, 5.41) is 5.89. The van der Waals surface area contributed by atoms with Crippen molar-refractivity contribution in [2.45, 2.75) is 6.54 Å². The number of carbonyl (C=O) groups is 1. The molecule has 0 radical (unpaired) electrons. The fourth-order valence-electron chi connectivity index (χ4n) is 3.28. The number of anilines is 1. The molecule has 3 heterocycles. The molecule has 140 valence electrons. The minimum atomic E-state index is 0.0659. The van der Waals surface area contributed by atoms with Gasteiger partial charge in [-0.2, -0.15) is 5.10 Å². The number of nitrogens with zero attached hydrogens (tertiary/aromatic N) is 5. The first-order chi connectivity index (χ1) is 13.1. The molecule has 1 saturated heterocycles. The number of halogens is 1. The third kappa shape index (κ3) is 3.68. The van der Waals surface area contributed by atoms with Crippen LogP contribution in [0.5, 0.6) is 5.75 Å². The van der Waals surface area contributed by atoms with Crippen LogP contribution < -0.4 is 9.64 Å². The maximum atomic E-state index is 12.6. The Morgan fingerprint density at radius 3 is 2.78 bits per heavy atom. The number of aromatic nitrogens is 3. The maximum Gasteiger partial charge on any atom is 0.244 e. The van der Waals surface area contributed by atoms with Crippen LogP contribution in [0.1, 0.15) is 0 Å². The molecular formula is C19H20ClN5O2. The zero-order valence-corrected chi connectivity index (χ0v) is 15.8. The molecule has 1 amide bonds. The molecule has 1 aliphatic rings. The number of amides is 1. The number of pyridine rings is 1. The Labute approximate surface area is 162 Å². The molecule has 1 fully saturated rings. The molecule has 0 saturated carbocycles. The molecule has 0 aliphatic carbocycles. The van der Waals surface area contributed by atoms with Crippen LogP contribution in [0, 0.1) is 0 Å². The second kappa shape index (κ2) is 7.44. The quantitative estimate of drug-likeness (QED) is 0.690. The van der Waals surface area contributed by atoms with Crippen LogP contribution in [-0.2, 0) is 11.3 Å². The van der Waals surface area contributed by atoms with E-state index < -0.39 is 0 Å². The van der Waals surface area contributed by atoms with Gasteiger partial charge in [-0.3, -0.25) is 9.48 Å². The van der Waals surface area contributed by atoms with Gasteiger partial charge in [0.1, 0.15) is 12.3 Å². The lowest BCUT2D eigenvalue weighted by molar-refractivity contribution is -0.132. The highest BCUT2D eigenvalue weighted by molar-refractivity contribution is 6.32. The van der Waals surface area contributed by atoms with Crippen LogP contribution in [0.25, 0.3) is 11.0 Å². The third-order valence-corrected chi connectivity index (χ3v) is 5.07. The van der Waals surface area contributed by atoms with Crippen molar-refractivity contribution < 1.29 is 9.53 Å². The fraction of sp³-hybridized carbons (Fsp3) is 0.316.